The van der Waals surface area contributed by atoms with Crippen LogP contribution in [0.4, 0.5) is 5.69 Å². The van der Waals surface area contributed by atoms with Crippen molar-refractivity contribution >= 4 is 15.5 Å². The van der Waals surface area contributed by atoms with Crippen LogP contribution in [0.15, 0.2) is 29.2 Å². The molecule has 0 bridgehead atoms. The molecule has 5 heteroatoms. The average Bonchev–Trinajstić information content (AvgIpc) is 2.87. The summed E-state index contributed by atoms with van der Waals surface area (Å²) in [6.07, 6.45) is 4.83. The van der Waals surface area contributed by atoms with Crippen molar-refractivity contribution < 1.29 is 8.42 Å². The Bertz CT molecular complexity index is 539. The van der Waals surface area contributed by atoms with Gasteiger partial charge in [0.1, 0.15) is 0 Å². The first-order chi connectivity index (χ1) is 9.47. The maximum Gasteiger partial charge on any atom is 0.175 e. The van der Waals surface area contributed by atoms with Gasteiger partial charge in [-0.2, -0.15) is 0 Å². The number of benzene rings is 1. The van der Waals surface area contributed by atoms with E-state index >= 15 is 0 Å². The van der Waals surface area contributed by atoms with Crippen LogP contribution in [0.1, 0.15) is 26.2 Å². The van der Waals surface area contributed by atoms with Crippen LogP contribution < -0.4 is 10.6 Å². The van der Waals surface area contributed by atoms with Crippen LogP contribution in [0.2, 0.25) is 0 Å². The molecule has 2 unspecified atom stereocenters. The SMILES string of the molecule is CCN(c1ccc(S(C)(=O)=O)cc1)C1CCCC1CN. The van der Waals surface area contributed by atoms with Gasteiger partial charge in [0.2, 0.25) is 0 Å². The second kappa shape index (κ2) is 6.14. The van der Waals surface area contributed by atoms with E-state index in [1.165, 1.54) is 25.5 Å². The largest absolute Gasteiger partial charge is 0.368 e. The van der Waals surface area contributed by atoms with Crippen LogP contribution in [-0.4, -0.2) is 33.8 Å². The van der Waals surface area contributed by atoms with Crippen LogP contribution in [0.3, 0.4) is 0 Å². The third kappa shape index (κ3) is 3.15. The van der Waals surface area contributed by atoms with Crippen molar-refractivity contribution in [1.82, 2.24) is 0 Å². The standard InChI is InChI=1S/C15H24N2O2S/c1-3-17(15-6-4-5-12(15)11-16)13-7-9-14(10-8-13)20(2,18)19/h7-10,12,15H,3-6,11,16H2,1-2H3. The molecule has 2 atom stereocenters. The summed E-state index contributed by atoms with van der Waals surface area (Å²) in [5.41, 5.74) is 6.96. The molecule has 2 rings (SSSR count). The summed E-state index contributed by atoms with van der Waals surface area (Å²) in [6.45, 7) is 3.78. The van der Waals surface area contributed by atoms with Gasteiger partial charge in [-0.3, -0.25) is 0 Å². The van der Waals surface area contributed by atoms with Crippen LogP contribution in [0.25, 0.3) is 0 Å². The topological polar surface area (TPSA) is 63.4 Å². The molecule has 2 N–H and O–H groups in total. The molecule has 1 fully saturated rings. The molecule has 4 nitrogen and oxygen atoms in total. The molecule has 1 saturated carbocycles. The van der Waals surface area contributed by atoms with E-state index < -0.39 is 9.84 Å². The number of rotatable bonds is 5. The van der Waals surface area contributed by atoms with Gasteiger partial charge in [-0.05, 0) is 56.5 Å². The molecule has 1 aromatic rings. The number of hydrogen-bond acceptors (Lipinski definition) is 4. The van der Waals surface area contributed by atoms with Crippen LogP contribution in [-0.2, 0) is 9.84 Å². The quantitative estimate of drug-likeness (QED) is 0.903. The average molecular weight is 296 g/mol. The first-order valence-electron chi connectivity index (χ1n) is 7.24. The number of nitrogens with two attached hydrogens (primary N) is 1. The van der Waals surface area contributed by atoms with Crippen molar-refractivity contribution in [3.63, 3.8) is 0 Å². The van der Waals surface area contributed by atoms with Crippen LogP contribution in [0.5, 0.6) is 0 Å². The maximum absolute atomic E-state index is 11.5. The Morgan fingerprint density at radius 1 is 1.25 bits per heavy atom. The lowest BCUT2D eigenvalue weighted by Gasteiger charge is -2.34. The lowest BCUT2D eigenvalue weighted by molar-refractivity contribution is 0.462. The molecule has 0 aromatic heterocycles. The summed E-state index contributed by atoms with van der Waals surface area (Å²) in [4.78, 5) is 2.73. The zero-order valence-corrected chi connectivity index (χ0v) is 13.1. The van der Waals surface area contributed by atoms with Gasteiger partial charge in [0.15, 0.2) is 9.84 Å². The Balaban J connectivity index is 2.24. The minimum atomic E-state index is -3.12. The highest BCUT2D eigenvalue weighted by Crippen LogP contribution is 2.32. The number of nitrogens with zero attached hydrogens (tertiary/aromatic N) is 1. The van der Waals surface area contributed by atoms with E-state index in [1.807, 2.05) is 12.1 Å². The summed E-state index contributed by atoms with van der Waals surface area (Å²) < 4.78 is 23.0. The van der Waals surface area contributed by atoms with E-state index in [0.29, 0.717) is 16.9 Å². The van der Waals surface area contributed by atoms with E-state index in [2.05, 4.69) is 11.8 Å². The highest BCUT2D eigenvalue weighted by Gasteiger charge is 2.30. The van der Waals surface area contributed by atoms with Gasteiger partial charge in [-0.1, -0.05) is 6.42 Å². The van der Waals surface area contributed by atoms with Gasteiger partial charge in [-0.25, -0.2) is 8.42 Å². The summed E-state index contributed by atoms with van der Waals surface area (Å²) in [5.74, 6) is 0.546. The van der Waals surface area contributed by atoms with Crippen molar-refractivity contribution in [2.45, 2.75) is 37.1 Å². The molecule has 1 aliphatic rings. The number of anilines is 1. The zero-order chi connectivity index (χ0) is 14.8. The summed E-state index contributed by atoms with van der Waals surface area (Å²) in [5, 5.41) is 0. The van der Waals surface area contributed by atoms with E-state index in [9.17, 15) is 8.42 Å². The Kier molecular flexibility index (Phi) is 4.70. The second-order valence-electron chi connectivity index (χ2n) is 5.55. The summed E-state index contributed by atoms with van der Waals surface area (Å²) >= 11 is 0. The minimum Gasteiger partial charge on any atom is -0.368 e. The molecule has 0 heterocycles. The van der Waals surface area contributed by atoms with E-state index in [-0.39, 0.29) is 0 Å². The van der Waals surface area contributed by atoms with Gasteiger partial charge >= 0.3 is 0 Å². The third-order valence-corrected chi connectivity index (χ3v) is 5.39. The van der Waals surface area contributed by atoms with Crippen LogP contribution in [0, 0.1) is 5.92 Å². The van der Waals surface area contributed by atoms with E-state index in [1.54, 1.807) is 12.1 Å². The molecule has 0 aliphatic heterocycles. The van der Waals surface area contributed by atoms with Crippen molar-refractivity contribution in [2.75, 3.05) is 24.2 Å². The lowest BCUT2D eigenvalue weighted by atomic mass is 10.0. The molecular formula is C15H24N2O2S. The fourth-order valence-corrected chi connectivity index (χ4v) is 3.83. The maximum atomic E-state index is 11.5. The van der Waals surface area contributed by atoms with E-state index in [4.69, 9.17) is 5.73 Å². The monoisotopic (exact) mass is 296 g/mol. The molecule has 0 spiro atoms. The fourth-order valence-electron chi connectivity index (χ4n) is 3.20. The summed E-state index contributed by atoms with van der Waals surface area (Å²) in [6, 6.07) is 7.69. The predicted octanol–water partition coefficient (Wildman–Crippen LogP) is 2.04. The van der Waals surface area contributed by atoms with Crippen molar-refractivity contribution in [3.05, 3.63) is 24.3 Å². The second-order valence-corrected chi connectivity index (χ2v) is 7.56. The van der Waals surface area contributed by atoms with Crippen molar-refractivity contribution in [1.29, 1.82) is 0 Å². The Morgan fingerprint density at radius 2 is 1.90 bits per heavy atom. The smallest absolute Gasteiger partial charge is 0.175 e. The van der Waals surface area contributed by atoms with Gasteiger partial charge < -0.3 is 10.6 Å². The lowest BCUT2D eigenvalue weighted by Crippen LogP contribution is -2.40. The Hall–Kier alpha value is -1.07. The fraction of sp³-hybridized carbons (Fsp3) is 0.600. The Morgan fingerprint density at radius 3 is 2.40 bits per heavy atom. The zero-order valence-electron chi connectivity index (χ0n) is 12.2. The van der Waals surface area contributed by atoms with Crippen molar-refractivity contribution in [2.24, 2.45) is 11.7 Å². The minimum absolute atomic E-state index is 0.374. The molecule has 112 valence electrons. The molecule has 1 aromatic carbocycles. The third-order valence-electron chi connectivity index (χ3n) is 4.26. The molecular weight excluding hydrogens is 272 g/mol. The van der Waals surface area contributed by atoms with E-state index in [0.717, 1.165) is 18.8 Å². The number of hydrogen-bond donors (Lipinski definition) is 1. The normalized spacial score (nSPS) is 22.9. The molecule has 0 saturated heterocycles. The molecule has 0 amide bonds. The van der Waals surface area contributed by atoms with Crippen LogP contribution >= 0.6 is 0 Å². The Labute approximate surface area is 121 Å². The molecule has 20 heavy (non-hydrogen) atoms. The first kappa shape index (κ1) is 15.3. The first-order valence-corrected chi connectivity index (χ1v) is 9.13. The predicted molar refractivity (Wildman–Crippen MR) is 82.8 cm³/mol. The number of sulfone groups is 1. The highest BCUT2D eigenvalue weighted by molar-refractivity contribution is 7.90. The van der Waals surface area contributed by atoms with Crippen molar-refractivity contribution in [3.8, 4) is 0 Å². The molecule has 1 aliphatic carbocycles. The highest BCUT2D eigenvalue weighted by atomic mass is 32.2. The summed E-state index contributed by atoms with van der Waals surface area (Å²) in [7, 11) is -3.12. The van der Waals surface area contributed by atoms with Gasteiger partial charge in [-0.15, -0.1) is 0 Å². The van der Waals surface area contributed by atoms with Gasteiger partial charge in [0.05, 0.1) is 4.90 Å². The van der Waals surface area contributed by atoms with Gasteiger partial charge in [0.25, 0.3) is 0 Å². The molecule has 0 radical (unpaired) electrons. The van der Waals surface area contributed by atoms with Gasteiger partial charge in [0, 0.05) is 24.5 Å².